The number of hydrogen-bond donors (Lipinski definition) is 3. The molecule has 0 aromatic carbocycles. The first-order valence-corrected chi connectivity index (χ1v) is 0.781. The molecule has 6 heavy (non-hydrogen) atoms. The number of hydrogen-bond acceptors (Lipinski definition) is 2. The van der Waals surface area contributed by atoms with Crippen molar-refractivity contribution in [2.75, 3.05) is 0 Å². The van der Waals surface area contributed by atoms with E-state index in [-0.39, 0.29) is 57.5 Å². The van der Waals surface area contributed by atoms with Crippen LogP contribution in [-0.4, -0.2) is 57.4 Å². The van der Waals surface area contributed by atoms with Crippen LogP contribution in [0.1, 0.15) is 0 Å². The van der Waals surface area contributed by atoms with Crippen LogP contribution in [0.15, 0.2) is 0 Å². The Bertz CT molecular complexity index is 33.8. The van der Waals surface area contributed by atoms with E-state index in [2.05, 4.69) is 11.5 Å². The maximum absolute atomic E-state index is 9.00. The predicted molar refractivity (Wildman–Crippen MR) is 25.9 cm³/mol. The summed E-state index contributed by atoms with van der Waals surface area (Å²) in [4.78, 5) is 9.00. The fourth-order valence-corrected chi connectivity index (χ4v) is 0. The van der Waals surface area contributed by atoms with Gasteiger partial charge in [0.15, 0.2) is 0 Å². The molecule has 34 valence electrons. The summed E-state index contributed by atoms with van der Waals surface area (Å²) in [5.74, 6) is 0. The molecule has 4 nitrogen and oxygen atoms in total. The third kappa shape index (κ3) is 96.9. The summed E-state index contributed by atoms with van der Waals surface area (Å²) in [6.45, 7) is 0. The second-order valence-electron chi connectivity index (χ2n) is 0.402. The Balaban J connectivity index is -0.0000000450. The minimum atomic E-state index is -0.833. The van der Waals surface area contributed by atoms with Gasteiger partial charge in [0, 0.05) is 0 Å². The Morgan fingerprint density at radius 2 is 1.33 bits per heavy atom. The van der Waals surface area contributed by atoms with Gasteiger partial charge in [-0.1, -0.05) is 0 Å². The molecule has 0 aliphatic heterocycles. The summed E-state index contributed by atoms with van der Waals surface area (Å²) in [6.07, 6.45) is 0. The molecule has 0 radical (unpaired) electrons. The molecule has 0 aliphatic rings. The predicted octanol–water partition coefficient (Wildman–Crippen LogP) is -1.46. The van der Waals surface area contributed by atoms with Crippen molar-refractivity contribution in [2.24, 2.45) is 11.5 Å². The van der Waals surface area contributed by atoms with Gasteiger partial charge in [0.25, 0.3) is 0 Å². The van der Waals surface area contributed by atoms with Crippen molar-refractivity contribution >= 4 is 57.4 Å². The molecule has 0 rings (SSSR count). The molecule has 0 spiro atoms. The van der Waals surface area contributed by atoms with Gasteiger partial charge < -0.3 is 17.6 Å². The molecule has 5 heteroatoms. The van der Waals surface area contributed by atoms with Crippen LogP contribution in [0.25, 0.3) is 0 Å². The second-order valence-corrected chi connectivity index (χ2v) is 0.402. The molecule has 0 heterocycles. The SMILES string of the molecule is N.NC(N)=O.[KH]. The number of nitrogens with two attached hydrogens (primary N) is 2. The molecular formula is CH8KN3O. The van der Waals surface area contributed by atoms with Gasteiger partial charge in [0.05, 0.1) is 0 Å². The van der Waals surface area contributed by atoms with Crippen LogP contribution in [0.2, 0.25) is 0 Å². The van der Waals surface area contributed by atoms with Crippen LogP contribution >= 0.6 is 0 Å². The van der Waals surface area contributed by atoms with Crippen LogP contribution in [0.4, 0.5) is 4.79 Å². The van der Waals surface area contributed by atoms with Crippen LogP contribution < -0.4 is 17.6 Å². The third-order valence-corrected chi connectivity index (χ3v) is 0. The van der Waals surface area contributed by atoms with E-state index in [4.69, 9.17) is 4.79 Å². The van der Waals surface area contributed by atoms with Gasteiger partial charge in [0.1, 0.15) is 0 Å². The van der Waals surface area contributed by atoms with E-state index >= 15 is 0 Å². The summed E-state index contributed by atoms with van der Waals surface area (Å²) < 4.78 is 0. The normalized spacial score (nSPS) is 4.00. The van der Waals surface area contributed by atoms with Crippen molar-refractivity contribution in [3.05, 3.63) is 0 Å². The molecule has 7 N–H and O–H groups in total. The van der Waals surface area contributed by atoms with Gasteiger partial charge in [-0.3, -0.25) is 0 Å². The number of urea groups is 1. The van der Waals surface area contributed by atoms with E-state index < -0.39 is 6.03 Å². The quantitative estimate of drug-likeness (QED) is 0.337. The maximum atomic E-state index is 9.00. The van der Waals surface area contributed by atoms with Gasteiger partial charge in [-0.25, -0.2) is 4.79 Å². The Hall–Kier alpha value is 0.866. The van der Waals surface area contributed by atoms with E-state index in [0.717, 1.165) is 0 Å². The number of carbonyl (C=O) groups is 1. The van der Waals surface area contributed by atoms with Crippen LogP contribution in [-0.2, 0) is 0 Å². The number of rotatable bonds is 0. The van der Waals surface area contributed by atoms with E-state index in [0.29, 0.717) is 0 Å². The van der Waals surface area contributed by atoms with Crippen LogP contribution in [0, 0.1) is 0 Å². The van der Waals surface area contributed by atoms with Gasteiger partial charge >= 0.3 is 57.4 Å². The fraction of sp³-hybridized carbons (Fsp3) is 0. The summed E-state index contributed by atoms with van der Waals surface area (Å²) in [6, 6.07) is -0.833. The van der Waals surface area contributed by atoms with Crippen molar-refractivity contribution < 1.29 is 4.79 Å². The van der Waals surface area contributed by atoms with Gasteiger partial charge in [-0.05, 0) is 0 Å². The van der Waals surface area contributed by atoms with E-state index in [1.807, 2.05) is 0 Å². The monoisotopic (exact) mass is 117 g/mol. The first kappa shape index (κ1) is 15.8. The van der Waals surface area contributed by atoms with Crippen LogP contribution in [0.3, 0.4) is 0 Å². The van der Waals surface area contributed by atoms with Gasteiger partial charge in [-0.15, -0.1) is 0 Å². The van der Waals surface area contributed by atoms with E-state index in [9.17, 15) is 0 Å². The van der Waals surface area contributed by atoms with Crippen molar-refractivity contribution in [1.29, 1.82) is 0 Å². The molecule has 0 unspecified atom stereocenters. The molecule has 2 amide bonds. The molecule has 0 bridgehead atoms. The average molecular weight is 117 g/mol. The summed E-state index contributed by atoms with van der Waals surface area (Å²) >= 11 is 0. The Morgan fingerprint density at radius 3 is 1.33 bits per heavy atom. The third-order valence-electron chi connectivity index (χ3n) is 0. The fourth-order valence-electron chi connectivity index (χ4n) is 0. The van der Waals surface area contributed by atoms with Crippen molar-refractivity contribution in [3.63, 3.8) is 0 Å². The molecule has 0 fully saturated rings. The Kier molecular flexibility index (Phi) is 24.5. The number of primary amides is 2. The molecule has 0 atom stereocenters. The van der Waals surface area contributed by atoms with E-state index in [1.165, 1.54) is 0 Å². The Morgan fingerprint density at radius 1 is 1.33 bits per heavy atom. The van der Waals surface area contributed by atoms with E-state index in [1.54, 1.807) is 0 Å². The number of carbonyl (C=O) groups excluding carboxylic acids is 1. The van der Waals surface area contributed by atoms with Gasteiger partial charge in [-0.2, -0.15) is 0 Å². The first-order valence-electron chi connectivity index (χ1n) is 0.781. The second kappa shape index (κ2) is 9.29. The zero-order chi connectivity index (χ0) is 3.58. The molecule has 0 aromatic rings. The zero-order valence-corrected chi connectivity index (χ0v) is 2.77. The van der Waals surface area contributed by atoms with Crippen LogP contribution in [0.5, 0.6) is 0 Å². The van der Waals surface area contributed by atoms with Crippen molar-refractivity contribution in [1.82, 2.24) is 6.15 Å². The Labute approximate surface area is 78.6 Å². The van der Waals surface area contributed by atoms with Gasteiger partial charge in [0.2, 0.25) is 0 Å². The molecule has 0 saturated heterocycles. The zero-order valence-electron chi connectivity index (χ0n) is 2.77. The number of amides is 2. The minimum absolute atomic E-state index is 0. The summed E-state index contributed by atoms with van der Waals surface area (Å²) in [5.41, 5.74) is 8.50. The summed E-state index contributed by atoms with van der Waals surface area (Å²) in [7, 11) is 0. The first-order chi connectivity index (χ1) is 1.73. The van der Waals surface area contributed by atoms with Crippen molar-refractivity contribution in [3.8, 4) is 0 Å². The standard InChI is InChI=1S/CH4N2O.K.H3N.H/c2-1(3)4;;;/h(H4,2,3,4);;1H3;. The molecular weight excluding hydrogens is 109 g/mol. The molecule has 0 aliphatic carbocycles. The molecule has 0 saturated carbocycles. The topological polar surface area (TPSA) is 104 Å². The molecule has 0 aromatic heterocycles. The average Bonchev–Trinajstić information content (AvgIpc) is 0.811. The van der Waals surface area contributed by atoms with Crippen molar-refractivity contribution in [2.45, 2.75) is 0 Å². The summed E-state index contributed by atoms with van der Waals surface area (Å²) in [5, 5.41) is 0.